The number of ether oxygens (including phenoxy) is 1. The van der Waals surface area contributed by atoms with Crippen molar-refractivity contribution in [2.24, 2.45) is 0 Å². The topological polar surface area (TPSA) is 50.4 Å². The minimum atomic E-state index is -0.0289. The van der Waals surface area contributed by atoms with E-state index in [1.54, 1.807) is 0 Å². The second-order valence-corrected chi connectivity index (χ2v) is 6.84. The zero-order chi connectivity index (χ0) is 19.3. The molecule has 2 N–H and O–H groups in total. The molecule has 0 aliphatic carbocycles. The third kappa shape index (κ3) is 8.16. The summed E-state index contributed by atoms with van der Waals surface area (Å²) in [5.41, 5.74) is 2.01. The van der Waals surface area contributed by atoms with Crippen LogP contribution in [-0.2, 0) is 4.79 Å². The average molecular weight is 369 g/mol. The first kappa shape index (κ1) is 20.8. The van der Waals surface area contributed by atoms with Crippen LogP contribution in [-0.4, -0.2) is 19.1 Å². The molecule has 27 heavy (non-hydrogen) atoms. The van der Waals surface area contributed by atoms with Crippen molar-refractivity contribution < 1.29 is 9.53 Å². The third-order valence-electron chi connectivity index (χ3n) is 4.50. The SMILES string of the molecule is CCCCCCCOc1ccc(NCC(=O)NC(C)c2ccccc2)cc1. The third-order valence-corrected chi connectivity index (χ3v) is 4.50. The van der Waals surface area contributed by atoms with Crippen molar-refractivity contribution in [2.45, 2.75) is 52.0 Å². The van der Waals surface area contributed by atoms with Gasteiger partial charge in [0.25, 0.3) is 0 Å². The normalized spacial score (nSPS) is 11.6. The van der Waals surface area contributed by atoms with E-state index >= 15 is 0 Å². The Morgan fingerprint density at radius 1 is 0.963 bits per heavy atom. The van der Waals surface area contributed by atoms with Crippen molar-refractivity contribution in [3.8, 4) is 5.75 Å². The molecule has 1 atom stereocenters. The van der Waals surface area contributed by atoms with Crippen LogP contribution in [0, 0.1) is 0 Å². The first-order chi connectivity index (χ1) is 13.2. The molecule has 0 saturated carbocycles. The molecule has 0 bridgehead atoms. The Kier molecular flexibility index (Phi) is 9.25. The molecule has 4 nitrogen and oxygen atoms in total. The average Bonchev–Trinajstić information content (AvgIpc) is 2.70. The molecule has 146 valence electrons. The fourth-order valence-electron chi connectivity index (χ4n) is 2.86. The number of unbranched alkanes of at least 4 members (excludes halogenated alkanes) is 4. The summed E-state index contributed by atoms with van der Waals surface area (Å²) < 4.78 is 5.76. The maximum Gasteiger partial charge on any atom is 0.239 e. The number of carbonyl (C=O) groups excluding carboxylic acids is 1. The van der Waals surface area contributed by atoms with Crippen LogP contribution in [0.5, 0.6) is 5.75 Å². The van der Waals surface area contributed by atoms with E-state index < -0.39 is 0 Å². The van der Waals surface area contributed by atoms with Crippen molar-refractivity contribution in [3.05, 3.63) is 60.2 Å². The Balaban J connectivity index is 1.66. The zero-order valence-electron chi connectivity index (χ0n) is 16.5. The minimum Gasteiger partial charge on any atom is -0.494 e. The van der Waals surface area contributed by atoms with Crippen LogP contribution in [0.15, 0.2) is 54.6 Å². The monoisotopic (exact) mass is 368 g/mol. The van der Waals surface area contributed by atoms with Gasteiger partial charge >= 0.3 is 0 Å². The fourth-order valence-corrected chi connectivity index (χ4v) is 2.86. The van der Waals surface area contributed by atoms with Gasteiger partial charge in [-0.3, -0.25) is 4.79 Å². The van der Waals surface area contributed by atoms with Gasteiger partial charge in [0.05, 0.1) is 19.2 Å². The predicted octanol–water partition coefficient (Wildman–Crippen LogP) is 5.33. The molecule has 0 aliphatic rings. The van der Waals surface area contributed by atoms with E-state index in [9.17, 15) is 4.79 Å². The fraction of sp³-hybridized carbons (Fsp3) is 0.435. The lowest BCUT2D eigenvalue weighted by atomic mass is 10.1. The van der Waals surface area contributed by atoms with E-state index in [1.807, 2.05) is 61.5 Å². The second-order valence-electron chi connectivity index (χ2n) is 6.84. The number of hydrogen-bond acceptors (Lipinski definition) is 3. The standard InChI is InChI=1S/C23H32N2O2/c1-3-4-5-6-10-17-27-22-15-13-21(14-16-22)24-18-23(26)25-19(2)20-11-8-7-9-12-20/h7-9,11-16,19,24H,3-6,10,17-18H2,1-2H3,(H,25,26). The maximum absolute atomic E-state index is 12.1. The summed E-state index contributed by atoms with van der Waals surface area (Å²) in [5, 5.41) is 6.15. The first-order valence-electron chi connectivity index (χ1n) is 10.00. The van der Waals surface area contributed by atoms with Crippen LogP contribution in [0.3, 0.4) is 0 Å². The van der Waals surface area contributed by atoms with E-state index in [4.69, 9.17) is 4.74 Å². The summed E-state index contributed by atoms with van der Waals surface area (Å²) >= 11 is 0. The molecular formula is C23H32N2O2. The molecule has 2 rings (SSSR count). The Labute approximate surface area is 163 Å². The predicted molar refractivity (Wildman–Crippen MR) is 112 cm³/mol. The van der Waals surface area contributed by atoms with Gasteiger partial charge in [0.15, 0.2) is 0 Å². The molecule has 1 unspecified atom stereocenters. The molecule has 0 spiro atoms. The van der Waals surface area contributed by atoms with Crippen LogP contribution in [0.2, 0.25) is 0 Å². The van der Waals surface area contributed by atoms with E-state index in [-0.39, 0.29) is 18.5 Å². The van der Waals surface area contributed by atoms with Gasteiger partial charge in [0.1, 0.15) is 5.75 Å². The van der Waals surface area contributed by atoms with Gasteiger partial charge in [-0.1, -0.05) is 62.9 Å². The van der Waals surface area contributed by atoms with E-state index in [1.165, 1.54) is 25.7 Å². The van der Waals surface area contributed by atoms with Gasteiger partial charge in [0, 0.05) is 5.69 Å². The molecular weight excluding hydrogens is 336 g/mol. The van der Waals surface area contributed by atoms with Crippen LogP contribution in [0.4, 0.5) is 5.69 Å². The summed E-state index contributed by atoms with van der Waals surface area (Å²) in [6.45, 7) is 5.21. The van der Waals surface area contributed by atoms with Crippen LogP contribution in [0.1, 0.15) is 57.6 Å². The summed E-state index contributed by atoms with van der Waals surface area (Å²) in [6.07, 6.45) is 6.17. The molecule has 0 saturated heterocycles. The van der Waals surface area contributed by atoms with E-state index in [2.05, 4.69) is 17.6 Å². The Morgan fingerprint density at radius 2 is 1.67 bits per heavy atom. The molecule has 0 aliphatic heterocycles. The van der Waals surface area contributed by atoms with Gasteiger partial charge in [-0.15, -0.1) is 0 Å². The van der Waals surface area contributed by atoms with Crippen LogP contribution >= 0.6 is 0 Å². The van der Waals surface area contributed by atoms with Gasteiger partial charge in [-0.25, -0.2) is 0 Å². The lowest BCUT2D eigenvalue weighted by Crippen LogP contribution is -2.32. The van der Waals surface area contributed by atoms with Gasteiger partial charge in [-0.05, 0) is 43.2 Å². The van der Waals surface area contributed by atoms with Crippen molar-refractivity contribution in [1.82, 2.24) is 5.32 Å². The molecule has 0 heterocycles. The number of nitrogens with one attached hydrogen (secondary N) is 2. The lowest BCUT2D eigenvalue weighted by molar-refractivity contribution is -0.120. The molecule has 2 aromatic rings. The van der Waals surface area contributed by atoms with E-state index in [0.717, 1.165) is 30.0 Å². The summed E-state index contributed by atoms with van der Waals surface area (Å²) in [7, 11) is 0. The number of amides is 1. The van der Waals surface area contributed by atoms with Gasteiger partial charge in [-0.2, -0.15) is 0 Å². The second kappa shape index (κ2) is 12.0. The van der Waals surface area contributed by atoms with Gasteiger partial charge in [0.2, 0.25) is 5.91 Å². The molecule has 0 aromatic heterocycles. The Morgan fingerprint density at radius 3 is 2.37 bits per heavy atom. The van der Waals surface area contributed by atoms with Crippen LogP contribution in [0.25, 0.3) is 0 Å². The summed E-state index contributed by atoms with van der Waals surface area (Å²) in [5.74, 6) is 0.844. The minimum absolute atomic E-state index is 0.00592. The van der Waals surface area contributed by atoms with Crippen LogP contribution < -0.4 is 15.4 Å². The maximum atomic E-state index is 12.1. The van der Waals surface area contributed by atoms with Crippen molar-refractivity contribution in [1.29, 1.82) is 0 Å². The highest BCUT2D eigenvalue weighted by atomic mass is 16.5. The highest BCUT2D eigenvalue weighted by Crippen LogP contribution is 2.16. The molecule has 2 aromatic carbocycles. The number of carbonyl (C=O) groups is 1. The molecule has 0 radical (unpaired) electrons. The quantitative estimate of drug-likeness (QED) is 0.498. The van der Waals surface area contributed by atoms with Crippen molar-refractivity contribution in [3.63, 3.8) is 0 Å². The van der Waals surface area contributed by atoms with Crippen molar-refractivity contribution >= 4 is 11.6 Å². The van der Waals surface area contributed by atoms with E-state index in [0.29, 0.717) is 0 Å². The number of anilines is 1. The zero-order valence-corrected chi connectivity index (χ0v) is 16.5. The number of hydrogen-bond donors (Lipinski definition) is 2. The van der Waals surface area contributed by atoms with Gasteiger partial charge < -0.3 is 15.4 Å². The van der Waals surface area contributed by atoms with Crippen molar-refractivity contribution in [2.75, 3.05) is 18.5 Å². The summed E-state index contributed by atoms with van der Waals surface area (Å²) in [4.78, 5) is 12.1. The Hall–Kier alpha value is -2.49. The Bertz CT molecular complexity index is 656. The highest BCUT2D eigenvalue weighted by Gasteiger charge is 2.08. The smallest absolute Gasteiger partial charge is 0.239 e. The lowest BCUT2D eigenvalue weighted by Gasteiger charge is -2.15. The first-order valence-corrected chi connectivity index (χ1v) is 10.00. The highest BCUT2D eigenvalue weighted by molar-refractivity contribution is 5.81. The molecule has 1 amide bonds. The number of rotatable bonds is 12. The molecule has 0 fully saturated rings. The number of benzene rings is 2. The largest absolute Gasteiger partial charge is 0.494 e. The molecule has 4 heteroatoms. The summed E-state index contributed by atoms with van der Waals surface area (Å²) in [6, 6.07) is 17.7.